The highest BCUT2D eigenvalue weighted by Gasteiger charge is 2.29. The summed E-state index contributed by atoms with van der Waals surface area (Å²) in [6.45, 7) is 6.00. The first-order valence-corrected chi connectivity index (χ1v) is 10.5. The fourth-order valence-electron chi connectivity index (χ4n) is 3.43. The summed E-state index contributed by atoms with van der Waals surface area (Å²) in [5, 5.41) is 3.46. The highest BCUT2D eigenvalue weighted by atomic mass is 32.1. The zero-order valence-electron chi connectivity index (χ0n) is 16.8. The van der Waals surface area contributed by atoms with E-state index in [-0.39, 0.29) is 5.91 Å². The van der Waals surface area contributed by atoms with Gasteiger partial charge in [0.2, 0.25) is 0 Å². The predicted molar refractivity (Wildman–Crippen MR) is 111 cm³/mol. The molecular weight excluding hydrogens is 374 g/mol. The Morgan fingerprint density at radius 2 is 2.00 bits per heavy atom. The molecule has 1 N–H and O–H groups in total. The van der Waals surface area contributed by atoms with E-state index in [4.69, 9.17) is 9.47 Å². The van der Waals surface area contributed by atoms with Crippen LogP contribution in [0.1, 0.15) is 53.6 Å². The molecule has 3 rings (SSSR count). The van der Waals surface area contributed by atoms with E-state index in [0.29, 0.717) is 22.2 Å². The number of nitrogens with one attached hydrogen (secondary N) is 1. The number of esters is 1. The lowest BCUT2D eigenvalue weighted by molar-refractivity contribution is -0.122. The van der Waals surface area contributed by atoms with Crippen LogP contribution in [0.15, 0.2) is 24.3 Å². The van der Waals surface area contributed by atoms with E-state index >= 15 is 0 Å². The molecule has 0 spiro atoms. The van der Waals surface area contributed by atoms with E-state index in [2.05, 4.69) is 19.2 Å². The number of ether oxygens (including phenoxy) is 2. The van der Waals surface area contributed by atoms with Gasteiger partial charge in [-0.25, -0.2) is 4.79 Å². The van der Waals surface area contributed by atoms with Gasteiger partial charge < -0.3 is 14.8 Å². The summed E-state index contributed by atoms with van der Waals surface area (Å²) in [5.41, 5.74) is 2.74. The number of aryl methyl sites for hydroxylation is 1. The van der Waals surface area contributed by atoms with Crippen LogP contribution in [0.4, 0.5) is 5.00 Å². The molecule has 0 radical (unpaired) electrons. The zero-order valence-corrected chi connectivity index (χ0v) is 17.7. The molecule has 0 fully saturated rings. The molecular formula is C22H27NO4S. The molecule has 1 amide bonds. The highest BCUT2D eigenvalue weighted by Crippen LogP contribution is 2.40. The molecule has 2 atom stereocenters. The average Bonchev–Trinajstić information content (AvgIpc) is 3.04. The molecule has 28 heavy (non-hydrogen) atoms. The number of carbonyl (C=O) groups is 2. The average molecular weight is 402 g/mol. The molecule has 0 saturated carbocycles. The van der Waals surface area contributed by atoms with E-state index in [1.165, 1.54) is 24.0 Å². The first-order valence-electron chi connectivity index (χ1n) is 9.72. The molecule has 0 unspecified atom stereocenters. The molecule has 1 aromatic carbocycles. The predicted octanol–water partition coefficient (Wildman–Crippen LogP) is 4.63. The maximum atomic E-state index is 12.7. The van der Waals surface area contributed by atoms with Gasteiger partial charge in [0, 0.05) is 4.88 Å². The van der Waals surface area contributed by atoms with Crippen LogP contribution in [-0.2, 0) is 28.8 Å². The third-order valence-corrected chi connectivity index (χ3v) is 6.32. The molecule has 6 heteroatoms. The number of rotatable bonds is 6. The summed E-state index contributed by atoms with van der Waals surface area (Å²) < 4.78 is 10.7. The quantitative estimate of drug-likeness (QED) is 0.717. The number of methoxy groups -OCH3 is 1. The van der Waals surface area contributed by atoms with Crippen LogP contribution < -0.4 is 10.1 Å². The van der Waals surface area contributed by atoms with Gasteiger partial charge >= 0.3 is 5.97 Å². The lowest BCUT2D eigenvalue weighted by Crippen LogP contribution is -2.30. The Morgan fingerprint density at radius 1 is 1.29 bits per heavy atom. The molecule has 5 nitrogen and oxygen atoms in total. The number of hydrogen-bond acceptors (Lipinski definition) is 5. The number of hydrogen-bond donors (Lipinski definition) is 1. The van der Waals surface area contributed by atoms with E-state index in [1.807, 2.05) is 24.3 Å². The number of benzene rings is 1. The summed E-state index contributed by atoms with van der Waals surface area (Å²) in [6, 6.07) is 7.72. The Hall–Kier alpha value is -2.34. The fourth-order valence-corrected chi connectivity index (χ4v) is 4.83. The second-order valence-electron chi connectivity index (χ2n) is 7.29. The van der Waals surface area contributed by atoms with Gasteiger partial charge in [-0.2, -0.15) is 0 Å². The van der Waals surface area contributed by atoms with E-state index in [0.717, 1.165) is 36.1 Å². The second-order valence-corrected chi connectivity index (χ2v) is 8.40. The zero-order chi connectivity index (χ0) is 20.3. The van der Waals surface area contributed by atoms with Crippen molar-refractivity contribution in [3.63, 3.8) is 0 Å². The van der Waals surface area contributed by atoms with Gasteiger partial charge in [0.25, 0.3) is 5.91 Å². The van der Waals surface area contributed by atoms with Crippen LogP contribution in [0.2, 0.25) is 0 Å². The lowest BCUT2D eigenvalue weighted by Gasteiger charge is -2.18. The molecule has 0 bridgehead atoms. The van der Waals surface area contributed by atoms with Crippen molar-refractivity contribution in [3.8, 4) is 5.75 Å². The minimum atomic E-state index is -0.684. The third kappa shape index (κ3) is 4.38. The fraction of sp³-hybridized carbons (Fsp3) is 0.455. The minimum absolute atomic E-state index is 0.281. The monoisotopic (exact) mass is 401 g/mol. The van der Waals surface area contributed by atoms with Crippen LogP contribution in [0.25, 0.3) is 0 Å². The molecule has 0 aliphatic heterocycles. The van der Waals surface area contributed by atoms with Crippen molar-refractivity contribution in [2.45, 2.75) is 52.6 Å². The lowest BCUT2D eigenvalue weighted by atomic mass is 9.88. The minimum Gasteiger partial charge on any atom is -0.481 e. The highest BCUT2D eigenvalue weighted by molar-refractivity contribution is 7.17. The van der Waals surface area contributed by atoms with Crippen LogP contribution in [-0.4, -0.2) is 25.1 Å². The Balaban J connectivity index is 1.76. The normalized spacial score (nSPS) is 16.8. The van der Waals surface area contributed by atoms with Gasteiger partial charge in [0.1, 0.15) is 10.8 Å². The molecule has 1 heterocycles. The summed E-state index contributed by atoms with van der Waals surface area (Å²) in [4.78, 5) is 26.2. The van der Waals surface area contributed by atoms with Gasteiger partial charge in [-0.15, -0.1) is 11.3 Å². The van der Waals surface area contributed by atoms with Crippen molar-refractivity contribution in [1.82, 2.24) is 0 Å². The first-order chi connectivity index (χ1) is 13.4. The van der Waals surface area contributed by atoms with Crippen molar-refractivity contribution in [3.05, 3.63) is 45.8 Å². The van der Waals surface area contributed by atoms with Crippen molar-refractivity contribution < 1.29 is 19.1 Å². The van der Waals surface area contributed by atoms with Crippen LogP contribution in [0, 0.1) is 5.92 Å². The smallest absolute Gasteiger partial charge is 0.341 e. The number of carbonyl (C=O) groups excluding carboxylic acids is 2. The topological polar surface area (TPSA) is 64.6 Å². The molecule has 0 saturated heterocycles. The van der Waals surface area contributed by atoms with E-state index in [9.17, 15) is 9.59 Å². The van der Waals surface area contributed by atoms with Crippen LogP contribution in [0.5, 0.6) is 5.75 Å². The Morgan fingerprint density at radius 3 is 2.64 bits per heavy atom. The number of amides is 1. The van der Waals surface area contributed by atoms with Crippen LogP contribution in [0.3, 0.4) is 0 Å². The largest absolute Gasteiger partial charge is 0.481 e. The van der Waals surface area contributed by atoms with Crippen molar-refractivity contribution in [1.29, 1.82) is 0 Å². The molecule has 1 aromatic heterocycles. The maximum absolute atomic E-state index is 12.7. The van der Waals surface area contributed by atoms with Gasteiger partial charge in [-0.3, -0.25) is 4.79 Å². The van der Waals surface area contributed by atoms with Gasteiger partial charge in [0.05, 0.1) is 12.7 Å². The summed E-state index contributed by atoms with van der Waals surface area (Å²) in [7, 11) is 1.37. The van der Waals surface area contributed by atoms with E-state index < -0.39 is 12.1 Å². The Labute approximate surface area is 170 Å². The first kappa shape index (κ1) is 20.4. The number of fused-ring (bicyclic) bond motifs is 1. The molecule has 2 aromatic rings. The van der Waals surface area contributed by atoms with E-state index in [1.54, 1.807) is 6.92 Å². The molecule has 1 aliphatic carbocycles. The maximum Gasteiger partial charge on any atom is 0.341 e. The van der Waals surface area contributed by atoms with Crippen LogP contribution >= 0.6 is 11.3 Å². The summed E-state index contributed by atoms with van der Waals surface area (Å²) in [6.07, 6.45) is 3.07. The second kappa shape index (κ2) is 8.78. The summed E-state index contributed by atoms with van der Waals surface area (Å²) in [5.74, 6) is 0.545. The Bertz CT molecular complexity index is 856. The standard InChI is InChI=1S/C22H27NO4S/c1-5-15-7-9-16(10-8-15)27-14(3)20(24)23-21-19(22(25)26-4)17-11-6-13(2)12-18(17)28-21/h7-10,13-14H,5-6,11-12H2,1-4H3,(H,23,24)/t13-,14-/m1/s1. The van der Waals surface area contributed by atoms with Crippen molar-refractivity contribution in [2.24, 2.45) is 5.92 Å². The number of thiophene rings is 1. The van der Waals surface area contributed by atoms with Crippen molar-refractivity contribution >= 4 is 28.2 Å². The SMILES string of the molecule is CCc1ccc(O[C@H](C)C(=O)Nc2sc3c(c2C(=O)OC)CC[C@@H](C)C3)cc1. The van der Waals surface area contributed by atoms with Gasteiger partial charge in [0.15, 0.2) is 6.10 Å². The van der Waals surface area contributed by atoms with Gasteiger partial charge in [-0.1, -0.05) is 26.0 Å². The summed E-state index contributed by atoms with van der Waals surface area (Å²) >= 11 is 1.48. The Kier molecular flexibility index (Phi) is 6.39. The molecule has 150 valence electrons. The third-order valence-electron chi connectivity index (χ3n) is 5.15. The van der Waals surface area contributed by atoms with Gasteiger partial charge in [-0.05, 0) is 61.8 Å². The molecule has 1 aliphatic rings. The van der Waals surface area contributed by atoms with Crippen molar-refractivity contribution in [2.75, 3.05) is 12.4 Å². The number of anilines is 1.